The molecule has 25 heavy (non-hydrogen) atoms. The summed E-state index contributed by atoms with van der Waals surface area (Å²) in [6.45, 7) is 2.08. The lowest BCUT2D eigenvalue weighted by molar-refractivity contribution is 0.102. The van der Waals surface area contributed by atoms with Gasteiger partial charge in [-0.15, -0.1) is 0 Å². The number of hydrogen-bond donors (Lipinski definition) is 2. The predicted octanol–water partition coefficient (Wildman–Crippen LogP) is 4.78. The lowest BCUT2D eigenvalue weighted by Gasteiger charge is -2.09. The Morgan fingerprint density at radius 3 is 2.52 bits per heavy atom. The number of rotatable bonds is 5. The van der Waals surface area contributed by atoms with Crippen LogP contribution in [0.25, 0.3) is 0 Å². The number of amides is 1. The molecule has 3 rings (SSSR count). The largest absolute Gasteiger partial charge is 0.352 e. The molecule has 0 spiro atoms. The summed E-state index contributed by atoms with van der Waals surface area (Å²) in [4.78, 5) is 16.4. The smallest absolute Gasteiger partial charge is 0.257 e. The number of carbonyl (C=O) groups excluding carboxylic acids is 1. The maximum atomic E-state index is 13.7. The molecule has 0 atom stereocenters. The highest BCUT2D eigenvalue weighted by Gasteiger charge is 2.09. The Morgan fingerprint density at radius 2 is 1.80 bits per heavy atom. The standard InChI is InChI=1S/C20H18FN3O/c1-2-14-7-9-16(10-8-14)24-20(25)15-11-17(13-22-12-15)23-19-6-4-3-5-18(19)21/h3-13,23H,2H2,1H3,(H,24,25). The fraction of sp³-hybridized carbons (Fsp3) is 0.100. The summed E-state index contributed by atoms with van der Waals surface area (Å²) in [7, 11) is 0. The number of hydrogen-bond acceptors (Lipinski definition) is 3. The van der Waals surface area contributed by atoms with Crippen molar-refractivity contribution in [3.63, 3.8) is 0 Å². The summed E-state index contributed by atoms with van der Waals surface area (Å²) in [5.74, 6) is -0.637. The number of pyridine rings is 1. The Balaban J connectivity index is 1.74. The van der Waals surface area contributed by atoms with Crippen molar-refractivity contribution in [1.82, 2.24) is 4.98 Å². The third kappa shape index (κ3) is 4.20. The Hall–Kier alpha value is -3.21. The molecule has 0 bridgehead atoms. The number of nitrogens with zero attached hydrogens (tertiary/aromatic N) is 1. The SMILES string of the molecule is CCc1ccc(NC(=O)c2cncc(Nc3ccccc3F)c2)cc1. The van der Waals surface area contributed by atoms with Gasteiger partial charge < -0.3 is 10.6 Å². The molecular formula is C20H18FN3O. The van der Waals surface area contributed by atoms with Gasteiger partial charge in [0, 0.05) is 11.9 Å². The van der Waals surface area contributed by atoms with Gasteiger partial charge in [-0.2, -0.15) is 0 Å². The second-order valence-corrected chi connectivity index (χ2v) is 5.57. The van der Waals surface area contributed by atoms with E-state index in [-0.39, 0.29) is 11.7 Å². The van der Waals surface area contributed by atoms with E-state index in [1.165, 1.54) is 17.8 Å². The first-order valence-electron chi connectivity index (χ1n) is 8.02. The van der Waals surface area contributed by atoms with E-state index in [2.05, 4.69) is 22.5 Å². The van der Waals surface area contributed by atoms with Gasteiger partial charge in [-0.1, -0.05) is 31.2 Å². The van der Waals surface area contributed by atoms with Crippen LogP contribution in [0, 0.1) is 5.82 Å². The van der Waals surface area contributed by atoms with Gasteiger partial charge in [0.15, 0.2) is 0 Å². The van der Waals surface area contributed by atoms with E-state index < -0.39 is 0 Å². The van der Waals surface area contributed by atoms with E-state index in [9.17, 15) is 9.18 Å². The topological polar surface area (TPSA) is 54.0 Å². The molecule has 1 heterocycles. The lowest BCUT2D eigenvalue weighted by atomic mass is 10.1. The van der Waals surface area contributed by atoms with Crippen LogP contribution >= 0.6 is 0 Å². The van der Waals surface area contributed by atoms with Crippen LogP contribution in [-0.2, 0) is 6.42 Å². The molecule has 0 unspecified atom stereocenters. The minimum atomic E-state index is -0.367. The second-order valence-electron chi connectivity index (χ2n) is 5.57. The number of aromatic nitrogens is 1. The van der Waals surface area contributed by atoms with E-state index >= 15 is 0 Å². The number of anilines is 3. The van der Waals surface area contributed by atoms with Crippen molar-refractivity contribution in [3.8, 4) is 0 Å². The number of benzene rings is 2. The molecule has 1 aromatic heterocycles. The summed E-state index contributed by atoms with van der Waals surface area (Å²) in [6, 6.07) is 15.7. The van der Waals surface area contributed by atoms with E-state index in [0.717, 1.165) is 12.1 Å². The van der Waals surface area contributed by atoms with Crippen molar-refractivity contribution >= 4 is 23.0 Å². The van der Waals surface area contributed by atoms with Crippen LogP contribution in [0.15, 0.2) is 67.0 Å². The molecule has 2 N–H and O–H groups in total. The van der Waals surface area contributed by atoms with Crippen molar-refractivity contribution in [2.75, 3.05) is 10.6 Å². The molecule has 4 nitrogen and oxygen atoms in total. The van der Waals surface area contributed by atoms with E-state index in [1.807, 2.05) is 24.3 Å². The van der Waals surface area contributed by atoms with Crippen LogP contribution in [0.1, 0.15) is 22.8 Å². The third-order valence-electron chi connectivity index (χ3n) is 3.77. The van der Waals surface area contributed by atoms with Crippen molar-refractivity contribution in [2.45, 2.75) is 13.3 Å². The van der Waals surface area contributed by atoms with Crippen LogP contribution in [0.4, 0.5) is 21.5 Å². The number of aryl methyl sites for hydroxylation is 1. The number of halogens is 1. The Kier molecular flexibility index (Phi) is 5.04. The average Bonchev–Trinajstić information content (AvgIpc) is 2.64. The summed E-state index contributed by atoms with van der Waals surface area (Å²) < 4.78 is 13.7. The van der Waals surface area contributed by atoms with Crippen molar-refractivity contribution in [1.29, 1.82) is 0 Å². The molecule has 1 amide bonds. The third-order valence-corrected chi connectivity index (χ3v) is 3.77. The highest BCUT2D eigenvalue weighted by atomic mass is 19.1. The van der Waals surface area contributed by atoms with Gasteiger partial charge in [0.2, 0.25) is 0 Å². The summed E-state index contributed by atoms with van der Waals surface area (Å²) in [5, 5.41) is 5.76. The highest BCUT2D eigenvalue weighted by molar-refractivity contribution is 6.04. The minimum absolute atomic E-state index is 0.270. The average molecular weight is 335 g/mol. The zero-order valence-electron chi connectivity index (χ0n) is 13.8. The van der Waals surface area contributed by atoms with E-state index in [1.54, 1.807) is 30.5 Å². The van der Waals surface area contributed by atoms with Crippen LogP contribution < -0.4 is 10.6 Å². The Bertz CT molecular complexity index is 878. The highest BCUT2D eigenvalue weighted by Crippen LogP contribution is 2.20. The van der Waals surface area contributed by atoms with Crippen LogP contribution in [0.2, 0.25) is 0 Å². The normalized spacial score (nSPS) is 10.3. The van der Waals surface area contributed by atoms with Crippen molar-refractivity contribution in [2.24, 2.45) is 0 Å². The van der Waals surface area contributed by atoms with Gasteiger partial charge in [-0.05, 0) is 42.3 Å². The van der Waals surface area contributed by atoms with Gasteiger partial charge in [0.1, 0.15) is 5.82 Å². The molecule has 0 aliphatic rings. The first-order valence-corrected chi connectivity index (χ1v) is 8.02. The molecular weight excluding hydrogens is 317 g/mol. The van der Waals surface area contributed by atoms with Gasteiger partial charge in [-0.25, -0.2) is 4.39 Å². The molecule has 5 heteroatoms. The molecule has 0 aliphatic carbocycles. The maximum Gasteiger partial charge on any atom is 0.257 e. The molecule has 0 aliphatic heterocycles. The zero-order chi connectivity index (χ0) is 17.6. The first kappa shape index (κ1) is 16.6. The molecule has 0 saturated carbocycles. The maximum absolute atomic E-state index is 13.7. The minimum Gasteiger partial charge on any atom is -0.352 e. The predicted molar refractivity (Wildman–Crippen MR) is 97.7 cm³/mol. The summed E-state index contributed by atoms with van der Waals surface area (Å²) >= 11 is 0. The van der Waals surface area contributed by atoms with Gasteiger partial charge in [0.05, 0.1) is 23.1 Å². The Labute approximate surface area is 145 Å². The molecule has 126 valence electrons. The lowest BCUT2D eigenvalue weighted by Crippen LogP contribution is -2.12. The van der Waals surface area contributed by atoms with Gasteiger partial charge in [-0.3, -0.25) is 9.78 Å². The summed E-state index contributed by atoms with van der Waals surface area (Å²) in [5.41, 5.74) is 3.18. The second kappa shape index (κ2) is 7.57. The number of para-hydroxylation sites is 1. The quantitative estimate of drug-likeness (QED) is 0.705. The van der Waals surface area contributed by atoms with Crippen LogP contribution in [-0.4, -0.2) is 10.9 Å². The first-order chi connectivity index (χ1) is 12.2. The van der Waals surface area contributed by atoms with Crippen LogP contribution in [0.5, 0.6) is 0 Å². The van der Waals surface area contributed by atoms with Crippen molar-refractivity contribution < 1.29 is 9.18 Å². The van der Waals surface area contributed by atoms with E-state index in [0.29, 0.717) is 16.9 Å². The molecule has 0 fully saturated rings. The molecule has 0 saturated heterocycles. The Morgan fingerprint density at radius 1 is 1.04 bits per heavy atom. The van der Waals surface area contributed by atoms with Crippen LogP contribution in [0.3, 0.4) is 0 Å². The number of nitrogens with one attached hydrogen (secondary N) is 2. The monoisotopic (exact) mass is 335 g/mol. The van der Waals surface area contributed by atoms with E-state index in [4.69, 9.17) is 0 Å². The fourth-order valence-electron chi connectivity index (χ4n) is 2.38. The molecule has 0 radical (unpaired) electrons. The zero-order valence-corrected chi connectivity index (χ0v) is 13.8. The van der Waals surface area contributed by atoms with Gasteiger partial charge in [0.25, 0.3) is 5.91 Å². The summed E-state index contributed by atoms with van der Waals surface area (Å²) in [6.07, 6.45) is 3.96. The fourth-order valence-corrected chi connectivity index (χ4v) is 2.38. The molecule has 3 aromatic rings. The van der Waals surface area contributed by atoms with Gasteiger partial charge >= 0.3 is 0 Å². The molecule has 2 aromatic carbocycles. The number of carbonyl (C=O) groups is 1. The van der Waals surface area contributed by atoms with Crippen molar-refractivity contribution in [3.05, 3.63) is 83.9 Å².